The van der Waals surface area contributed by atoms with Crippen LogP contribution in [-0.2, 0) is 0 Å². The summed E-state index contributed by atoms with van der Waals surface area (Å²) in [6, 6.07) is 4.99. The number of hydrogen-bond donors (Lipinski definition) is 1. The van der Waals surface area contributed by atoms with Crippen molar-refractivity contribution in [1.82, 2.24) is 5.32 Å². The highest BCUT2D eigenvalue weighted by atomic mass is 19.1. The first-order valence-electron chi connectivity index (χ1n) is 6.81. The largest absolute Gasteiger partial charge is 0.496 e. The van der Waals surface area contributed by atoms with Crippen LogP contribution >= 0.6 is 0 Å². The molecule has 2 rings (SSSR count). The number of rotatable bonds is 7. The van der Waals surface area contributed by atoms with Gasteiger partial charge in [-0.3, -0.25) is 0 Å². The molecule has 100 valence electrons. The van der Waals surface area contributed by atoms with Gasteiger partial charge in [-0.1, -0.05) is 19.8 Å². The fourth-order valence-electron chi connectivity index (χ4n) is 2.30. The predicted molar refractivity (Wildman–Crippen MR) is 71.3 cm³/mol. The minimum absolute atomic E-state index is 0.190. The Hall–Kier alpha value is -1.09. The van der Waals surface area contributed by atoms with E-state index in [0.29, 0.717) is 0 Å². The van der Waals surface area contributed by atoms with Crippen molar-refractivity contribution in [3.05, 3.63) is 29.6 Å². The number of methoxy groups -OCH3 is 1. The van der Waals surface area contributed by atoms with E-state index >= 15 is 0 Å². The van der Waals surface area contributed by atoms with Crippen molar-refractivity contribution in [2.45, 2.75) is 38.6 Å². The standard InChI is InChI=1S/C15H22FNO/c1-3-8-17-14(9-11-4-5-11)13-10-12(16)6-7-15(13)18-2/h6-7,10-11,14,17H,3-5,8-9H2,1-2H3. The van der Waals surface area contributed by atoms with Crippen molar-refractivity contribution in [3.8, 4) is 5.75 Å². The van der Waals surface area contributed by atoms with Gasteiger partial charge in [0.2, 0.25) is 0 Å². The van der Waals surface area contributed by atoms with Crippen molar-refractivity contribution in [2.75, 3.05) is 13.7 Å². The summed E-state index contributed by atoms with van der Waals surface area (Å²) >= 11 is 0. The van der Waals surface area contributed by atoms with Gasteiger partial charge in [-0.25, -0.2) is 4.39 Å². The Morgan fingerprint density at radius 1 is 1.44 bits per heavy atom. The van der Waals surface area contributed by atoms with E-state index < -0.39 is 0 Å². The van der Waals surface area contributed by atoms with E-state index in [9.17, 15) is 4.39 Å². The first kappa shape index (κ1) is 13.3. The fourth-order valence-corrected chi connectivity index (χ4v) is 2.30. The van der Waals surface area contributed by atoms with Gasteiger partial charge in [-0.15, -0.1) is 0 Å². The average Bonchev–Trinajstić information content (AvgIpc) is 3.18. The predicted octanol–water partition coefficient (Wildman–Crippen LogP) is 3.68. The van der Waals surface area contributed by atoms with Crippen LogP contribution in [0.3, 0.4) is 0 Å². The molecule has 1 N–H and O–H groups in total. The van der Waals surface area contributed by atoms with Crippen molar-refractivity contribution in [3.63, 3.8) is 0 Å². The maximum absolute atomic E-state index is 13.4. The van der Waals surface area contributed by atoms with Gasteiger partial charge in [-0.2, -0.15) is 0 Å². The molecule has 2 nitrogen and oxygen atoms in total. The van der Waals surface area contributed by atoms with E-state index in [4.69, 9.17) is 4.74 Å². The van der Waals surface area contributed by atoms with Gasteiger partial charge in [0.05, 0.1) is 7.11 Å². The van der Waals surface area contributed by atoms with Gasteiger partial charge in [0, 0.05) is 11.6 Å². The average molecular weight is 251 g/mol. The summed E-state index contributed by atoms with van der Waals surface area (Å²) in [6.45, 7) is 3.10. The number of halogens is 1. The SMILES string of the molecule is CCCNC(CC1CC1)c1cc(F)ccc1OC. The molecule has 1 fully saturated rings. The third-order valence-electron chi connectivity index (χ3n) is 3.47. The molecule has 1 aliphatic rings. The fraction of sp³-hybridized carbons (Fsp3) is 0.600. The Morgan fingerprint density at radius 2 is 2.22 bits per heavy atom. The number of ether oxygens (including phenoxy) is 1. The number of nitrogens with one attached hydrogen (secondary N) is 1. The summed E-state index contributed by atoms with van der Waals surface area (Å²) in [7, 11) is 1.64. The molecule has 1 unspecified atom stereocenters. The molecule has 0 bridgehead atoms. The maximum atomic E-state index is 13.4. The van der Waals surface area contributed by atoms with Crippen LogP contribution in [0, 0.1) is 11.7 Å². The minimum atomic E-state index is -0.190. The Balaban J connectivity index is 2.18. The quantitative estimate of drug-likeness (QED) is 0.798. The summed E-state index contributed by atoms with van der Waals surface area (Å²) in [5, 5.41) is 3.51. The highest BCUT2D eigenvalue weighted by Gasteiger charge is 2.27. The van der Waals surface area contributed by atoms with Crippen LogP contribution in [0.2, 0.25) is 0 Å². The van der Waals surface area contributed by atoms with E-state index in [2.05, 4.69) is 12.2 Å². The van der Waals surface area contributed by atoms with E-state index in [-0.39, 0.29) is 11.9 Å². The van der Waals surface area contributed by atoms with Crippen molar-refractivity contribution in [1.29, 1.82) is 0 Å². The second kappa shape index (κ2) is 6.19. The third-order valence-corrected chi connectivity index (χ3v) is 3.47. The Kier molecular flexibility index (Phi) is 4.59. The molecule has 1 saturated carbocycles. The topological polar surface area (TPSA) is 21.3 Å². The van der Waals surface area contributed by atoms with Crippen LogP contribution in [0.15, 0.2) is 18.2 Å². The lowest BCUT2D eigenvalue weighted by molar-refractivity contribution is 0.389. The van der Waals surface area contributed by atoms with E-state index in [0.717, 1.165) is 36.6 Å². The zero-order valence-corrected chi connectivity index (χ0v) is 11.2. The molecule has 1 aliphatic carbocycles. The van der Waals surface area contributed by atoms with Gasteiger partial charge >= 0.3 is 0 Å². The van der Waals surface area contributed by atoms with Gasteiger partial charge < -0.3 is 10.1 Å². The second-order valence-corrected chi connectivity index (χ2v) is 5.07. The van der Waals surface area contributed by atoms with Gasteiger partial charge in [-0.05, 0) is 43.5 Å². The van der Waals surface area contributed by atoms with Crippen LogP contribution in [0.25, 0.3) is 0 Å². The third kappa shape index (κ3) is 3.45. The van der Waals surface area contributed by atoms with Crippen molar-refractivity contribution in [2.24, 2.45) is 5.92 Å². The summed E-state index contributed by atoms with van der Waals surface area (Å²) in [5.74, 6) is 1.39. The summed E-state index contributed by atoms with van der Waals surface area (Å²) in [5.41, 5.74) is 0.956. The minimum Gasteiger partial charge on any atom is -0.496 e. The number of benzene rings is 1. The highest BCUT2D eigenvalue weighted by molar-refractivity contribution is 5.36. The highest BCUT2D eigenvalue weighted by Crippen LogP contribution is 2.39. The monoisotopic (exact) mass is 251 g/mol. The van der Waals surface area contributed by atoms with Crippen LogP contribution < -0.4 is 10.1 Å². The molecule has 0 amide bonds. The van der Waals surface area contributed by atoms with Crippen molar-refractivity contribution < 1.29 is 9.13 Å². The summed E-state index contributed by atoms with van der Waals surface area (Å²) < 4.78 is 18.8. The number of hydrogen-bond acceptors (Lipinski definition) is 2. The van der Waals surface area contributed by atoms with E-state index in [1.807, 2.05) is 0 Å². The smallest absolute Gasteiger partial charge is 0.123 e. The Morgan fingerprint density at radius 3 is 2.83 bits per heavy atom. The molecular formula is C15H22FNO. The zero-order chi connectivity index (χ0) is 13.0. The van der Waals surface area contributed by atoms with Crippen LogP contribution in [0.1, 0.15) is 44.2 Å². The van der Waals surface area contributed by atoms with Gasteiger partial charge in [0.15, 0.2) is 0 Å². The zero-order valence-electron chi connectivity index (χ0n) is 11.2. The second-order valence-electron chi connectivity index (χ2n) is 5.07. The molecule has 0 saturated heterocycles. The van der Waals surface area contributed by atoms with E-state index in [1.165, 1.54) is 18.9 Å². The van der Waals surface area contributed by atoms with Crippen LogP contribution in [-0.4, -0.2) is 13.7 Å². The van der Waals surface area contributed by atoms with Crippen LogP contribution in [0.4, 0.5) is 4.39 Å². The maximum Gasteiger partial charge on any atom is 0.123 e. The molecular weight excluding hydrogens is 229 g/mol. The molecule has 1 atom stereocenters. The first-order valence-corrected chi connectivity index (χ1v) is 6.81. The molecule has 1 aromatic rings. The lowest BCUT2D eigenvalue weighted by Gasteiger charge is -2.21. The molecule has 0 heterocycles. The van der Waals surface area contributed by atoms with Gasteiger partial charge in [0.1, 0.15) is 11.6 Å². The first-order chi connectivity index (χ1) is 8.74. The lowest BCUT2D eigenvalue weighted by atomic mass is 9.99. The van der Waals surface area contributed by atoms with Crippen LogP contribution in [0.5, 0.6) is 5.75 Å². The van der Waals surface area contributed by atoms with Gasteiger partial charge in [0.25, 0.3) is 0 Å². The Labute approximate surface area is 109 Å². The van der Waals surface area contributed by atoms with Crippen molar-refractivity contribution >= 4 is 0 Å². The molecule has 0 spiro atoms. The lowest BCUT2D eigenvalue weighted by Crippen LogP contribution is -2.23. The molecule has 0 aromatic heterocycles. The molecule has 0 radical (unpaired) electrons. The summed E-state index contributed by atoms with van der Waals surface area (Å²) in [6.07, 6.45) is 4.78. The van der Waals surface area contributed by atoms with E-state index in [1.54, 1.807) is 19.2 Å². The Bertz CT molecular complexity index is 390. The normalized spacial score (nSPS) is 16.6. The molecule has 3 heteroatoms. The molecule has 18 heavy (non-hydrogen) atoms. The molecule has 0 aliphatic heterocycles. The molecule has 1 aromatic carbocycles. The summed E-state index contributed by atoms with van der Waals surface area (Å²) in [4.78, 5) is 0.